The first kappa shape index (κ1) is 20.2. The molecule has 1 amide bonds. The van der Waals surface area contributed by atoms with Crippen molar-refractivity contribution in [3.8, 4) is 5.88 Å². The molecule has 2 heterocycles. The van der Waals surface area contributed by atoms with E-state index >= 15 is 0 Å². The fraction of sp³-hybridized carbons (Fsp3) is 0.524. The SMILES string of the molecule is CCOc1cncc(C23CC(C(=O)NCc4cc(NS(=O)(=O)C5CC5)ccn4)(C2)C3)n1. The highest BCUT2D eigenvalue weighted by atomic mass is 32.2. The molecule has 2 N–H and O–H groups in total. The van der Waals surface area contributed by atoms with Gasteiger partial charge in [0.15, 0.2) is 0 Å². The van der Waals surface area contributed by atoms with Crippen LogP contribution in [-0.4, -0.2) is 41.1 Å². The molecule has 164 valence electrons. The van der Waals surface area contributed by atoms with Gasteiger partial charge in [0.05, 0.1) is 47.1 Å². The topological polar surface area (TPSA) is 123 Å². The maximum Gasteiger partial charge on any atom is 0.235 e. The number of ether oxygens (including phenoxy) is 1. The van der Waals surface area contributed by atoms with E-state index in [1.165, 1.54) is 0 Å². The highest BCUT2D eigenvalue weighted by molar-refractivity contribution is 7.93. The van der Waals surface area contributed by atoms with Gasteiger partial charge in [0, 0.05) is 17.8 Å². The minimum Gasteiger partial charge on any atom is -0.477 e. The van der Waals surface area contributed by atoms with Crippen molar-refractivity contribution in [2.24, 2.45) is 5.41 Å². The lowest BCUT2D eigenvalue weighted by Gasteiger charge is -2.68. The molecule has 4 aliphatic carbocycles. The Labute approximate surface area is 181 Å². The molecule has 4 saturated carbocycles. The number of carbonyl (C=O) groups is 1. The molecule has 0 atom stereocenters. The van der Waals surface area contributed by atoms with Gasteiger partial charge in [-0.2, -0.15) is 0 Å². The molecule has 2 bridgehead atoms. The Hall–Kier alpha value is -2.75. The van der Waals surface area contributed by atoms with Crippen LogP contribution in [0.15, 0.2) is 30.7 Å². The number of aromatic nitrogens is 3. The fourth-order valence-electron chi connectivity index (χ4n) is 4.74. The van der Waals surface area contributed by atoms with Gasteiger partial charge in [0.25, 0.3) is 0 Å². The van der Waals surface area contributed by atoms with Crippen LogP contribution in [-0.2, 0) is 26.8 Å². The van der Waals surface area contributed by atoms with Gasteiger partial charge < -0.3 is 10.1 Å². The lowest BCUT2D eigenvalue weighted by atomic mass is 9.34. The van der Waals surface area contributed by atoms with E-state index < -0.39 is 10.0 Å². The Morgan fingerprint density at radius 1 is 1.26 bits per heavy atom. The Balaban J connectivity index is 1.17. The minimum atomic E-state index is -3.33. The van der Waals surface area contributed by atoms with Crippen LogP contribution in [0, 0.1) is 5.41 Å². The third kappa shape index (κ3) is 3.62. The summed E-state index contributed by atoms with van der Waals surface area (Å²) in [6.45, 7) is 2.70. The highest BCUT2D eigenvalue weighted by Gasteiger charge is 2.72. The van der Waals surface area contributed by atoms with E-state index in [4.69, 9.17) is 4.74 Å². The Kier molecular flexibility index (Phi) is 4.65. The Morgan fingerprint density at radius 3 is 2.74 bits per heavy atom. The zero-order valence-electron chi connectivity index (χ0n) is 17.3. The number of amides is 1. The maximum atomic E-state index is 12.8. The smallest absolute Gasteiger partial charge is 0.235 e. The van der Waals surface area contributed by atoms with E-state index in [0.717, 1.165) is 25.0 Å². The van der Waals surface area contributed by atoms with Gasteiger partial charge in [0.1, 0.15) is 0 Å². The maximum absolute atomic E-state index is 12.8. The van der Waals surface area contributed by atoms with Crippen LogP contribution in [0.5, 0.6) is 5.88 Å². The quantitative estimate of drug-likeness (QED) is 0.607. The number of nitrogens with zero attached hydrogens (tertiary/aromatic N) is 3. The van der Waals surface area contributed by atoms with Crippen LogP contribution in [0.1, 0.15) is 50.4 Å². The van der Waals surface area contributed by atoms with E-state index in [2.05, 4.69) is 25.0 Å². The summed E-state index contributed by atoms with van der Waals surface area (Å²) in [5, 5.41) is 2.67. The number of nitrogens with one attached hydrogen (secondary N) is 2. The minimum absolute atomic E-state index is 0.00839. The monoisotopic (exact) mass is 443 g/mol. The molecule has 4 aliphatic rings. The third-order valence-corrected chi connectivity index (χ3v) is 8.30. The van der Waals surface area contributed by atoms with Gasteiger partial charge in [0.2, 0.25) is 21.8 Å². The summed E-state index contributed by atoms with van der Waals surface area (Å²) in [7, 11) is -3.33. The average Bonchev–Trinajstić information content (AvgIpc) is 3.51. The van der Waals surface area contributed by atoms with E-state index in [9.17, 15) is 13.2 Å². The molecule has 0 spiro atoms. The van der Waals surface area contributed by atoms with E-state index in [-0.39, 0.29) is 28.5 Å². The van der Waals surface area contributed by atoms with Gasteiger partial charge in [-0.25, -0.2) is 13.4 Å². The van der Waals surface area contributed by atoms with Crippen LogP contribution in [0.25, 0.3) is 0 Å². The normalized spacial score (nSPS) is 26.4. The number of hydrogen-bond acceptors (Lipinski definition) is 7. The van der Waals surface area contributed by atoms with Crippen molar-refractivity contribution in [2.75, 3.05) is 11.3 Å². The number of hydrogen-bond donors (Lipinski definition) is 2. The van der Waals surface area contributed by atoms with Crippen molar-refractivity contribution < 1.29 is 17.9 Å². The van der Waals surface area contributed by atoms with Crippen LogP contribution in [0.4, 0.5) is 5.69 Å². The molecule has 0 radical (unpaired) electrons. The number of sulfonamides is 1. The molecule has 6 rings (SSSR count). The largest absolute Gasteiger partial charge is 0.477 e. The molecule has 0 aliphatic heterocycles. The van der Waals surface area contributed by atoms with Gasteiger partial charge in [-0.1, -0.05) is 0 Å². The standard InChI is InChI=1S/C21H25N5O4S/c1-2-30-18-10-22-9-17(25-18)20-11-21(12-20,13-20)19(27)24-8-15-7-14(5-6-23-15)26-31(28,29)16-3-4-16/h5-7,9-10,16H,2-4,8,11-13H2,1H3,(H,23,26)(H,24,27). The predicted molar refractivity (Wildman–Crippen MR) is 113 cm³/mol. The second-order valence-electron chi connectivity index (χ2n) is 8.83. The molecule has 2 aromatic heterocycles. The molecule has 0 aromatic carbocycles. The summed E-state index contributed by atoms with van der Waals surface area (Å²) in [6.07, 6.45) is 8.59. The van der Waals surface area contributed by atoms with Gasteiger partial charge in [-0.15, -0.1) is 0 Å². The number of rotatable bonds is 9. The van der Waals surface area contributed by atoms with E-state index in [1.807, 2.05) is 6.92 Å². The van der Waals surface area contributed by atoms with Crippen molar-refractivity contribution in [3.05, 3.63) is 42.1 Å². The third-order valence-electron chi connectivity index (χ3n) is 6.43. The van der Waals surface area contributed by atoms with Gasteiger partial charge in [-0.05, 0) is 51.2 Å². The summed E-state index contributed by atoms with van der Waals surface area (Å²) in [5.41, 5.74) is 1.56. The lowest BCUT2D eigenvalue weighted by molar-refractivity contribution is -0.177. The summed E-state index contributed by atoms with van der Waals surface area (Å²) in [5.74, 6) is 0.528. The van der Waals surface area contributed by atoms with Crippen molar-refractivity contribution >= 4 is 21.6 Å². The van der Waals surface area contributed by atoms with Crippen molar-refractivity contribution in [1.82, 2.24) is 20.3 Å². The predicted octanol–water partition coefficient (Wildman–Crippen LogP) is 1.91. The molecule has 4 fully saturated rings. The summed E-state index contributed by atoms with van der Waals surface area (Å²) in [4.78, 5) is 25.8. The first-order chi connectivity index (χ1) is 14.8. The van der Waals surface area contributed by atoms with Crippen LogP contribution >= 0.6 is 0 Å². The Bertz CT molecular complexity index is 1110. The van der Waals surface area contributed by atoms with E-state index in [1.54, 1.807) is 30.7 Å². The van der Waals surface area contributed by atoms with Crippen molar-refractivity contribution in [1.29, 1.82) is 0 Å². The molecule has 0 unspecified atom stereocenters. The van der Waals surface area contributed by atoms with Crippen molar-refractivity contribution in [2.45, 2.75) is 56.2 Å². The molecule has 10 heteroatoms. The zero-order chi connectivity index (χ0) is 21.7. The van der Waals surface area contributed by atoms with Crippen LogP contribution < -0.4 is 14.8 Å². The van der Waals surface area contributed by atoms with Gasteiger partial charge >= 0.3 is 0 Å². The molecule has 2 aromatic rings. The molecule has 31 heavy (non-hydrogen) atoms. The van der Waals surface area contributed by atoms with E-state index in [0.29, 0.717) is 36.7 Å². The number of anilines is 1. The van der Waals surface area contributed by atoms with Crippen molar-refractivity contribution in [3.63, 3.8) is 0 Å². The highest BCUT2D eigenvalue weighted by Crippen LogP contribution is 2.73. The number of pyridine rings is 1. The zero-order valence-corrected chi connectivity index (χ0v) is 18.1. The van der Waals surface area contributed by atoms with Gasteiger partial charge in [-0.3, -0.25) is 19.5 Å². The fourth-order valence-corrected chi connectivity index (χ4v) is 6.12. The average molecular weight is 444 g/mol. The molecule has 0 saturated heterocycles. The summed E-state index contributed by atoms with van der Waals surface area (Å²) in [6, 6.07) is 3.28. The first-order valence-electron chi connectivity index (χ1n) is 10.5. The second-order valence-corrected chi connectivity index (χ2v) is 10.8. The number of carbonyl (C=O) groups excluding carboxylic acids is 1. The van der Waals surface area contributed by atoms with Crippen LogP contribution in [0.3, 0.4) is 0 Å². The second kappa shape index (κ2) is 7.15. The van der Waals surface area contributed by atoms with Crippen LogP contribution in [0.2, 0.25) is 0 Å². The Morgan fingerprint density at radius 2 is 2.03 bits per heavy atom. The summed E-state index contributed by atoms with van der Waals surface area (Å²) < 4.78 is 32.3. The molecular formula is C21H25N5O4S. The molecule has 9 nitrogen and oxygen atoms in total. The lowest BCUT2D eigenvalue weighted by Crippen LogP contribution is -2.70. The first-order valence-corrected chi connectivity index (χ1v) is 12.1. The molecular weight excluding hydrogens is 418 g/mol. The summed E-state index contributed by atoms with van der Waals surface area (Å²) >= 11 is 0.